The van der Waals surface area contributed by atoms with Crippen LogP contribution in [0.4, 0.5) is 0 Å². The number of rotatable bonds is 7. The van der Waals surface area contributed by atoms with Gasteiger partial charge in [-0.05, 0) is 24.1 Å². The molecule has 1 atom stereocenters. The summed E-state index contributed by atoms with van der Waals surface area (Å²) >= 11 is 0. The third-order valence-electron chi connectivity index (χ3n) is 4.03. The average Bonchev–Trinajstić information content (AvgIpc) is 3.11. The number of carbonyl (C=O) groups is 2. The lowest BCUT2D eigenvalue weighted by atomic mass is 9.87. The van der Waals surface area contributed by atoms with Crippen LogP contribution in [0.1, 0.15) is 29.5 Å². The molecule has 9 heteroatoms. The van der Waals surface area contributed by atoms with Crippen molar-refractivity contribution in [2.45, 2.75) is 24.0 Å². The second-order valence-electron chi connectivity index (χ2n) is 5.79. The first-order valence-corrected chi connectivity index (χ1v) is 9.23. The van der Waals surface area contributed by atoms with Gasteiger partial charge < -0.3 is 14.8 Å². The van der Waals surface area contributed by atoms with Gasteiger partial charge in [0.25, 0.3) is 15.9 Å². The number of hydrogen-bond acceptors (Lipinski definition) is 5. The molecule has 1 heterocycles. The molecule has 0 saturated heterocycles. The van der Waals surface area contributed by atoms with Gasteiger partial charge in [-0.15, -0.1) is 0 Å². The highest BCUT2D eigenvalue weighted by molar-refractivity contribution is 7.88. The summed E-state index contributed by atoms with van der Waals surface area (Å²) in [6.45, 7) is 1.63. The number of aliphatic carboxylic acids is 1. The second-order valence-corrected chi connectivity index (χ2v) is 7.87. The van der Waals surface area contributed by atoms with Crippen molar-refractivity contribution in [3.05, 3.63) is 53.8 Å². The molecule has 1 aromatic heterocycles. The van der Waals surface area contributed by atoms with Crippen LogP contribution in [-0.2, 0) is 20.4 Å². The predicted molar refractivity (Wildman–Crippen MR) is 93.1 cm³/mol. The minimum absolute atomic E-state index is 0.0850. The van der Waals surface area contributed by atoms with Crippen molar-refractivity contribution in [1.82, 2.24) is 9.62 Å². The molecule has 0 aliphatic rings. The standard InChI is InChI=1S/C17H20N2O6S/c1-4-17(16(21)22,12-8-6-5-7-9-12)18-15(20)13-10-11-14(25-13)26(23,24)19(2)3/h5-11H,4H2,1-3H3,(H,18,20)(H,21,22). The van der Waals surface area contributed by atoms with Crippen LogP contribution in [0.5, 0.6) is 0 Å². The molecular weight excluding hydrogens is 360 g/mol. The van der Waals surface area contributed by atoms with Gasteiger partial charge in [0.2, 0.25) is 5.09 Å². The van der Waals surface area contributed by atoms with E-state index in [4.69, 9.17) is 4.42 Å². The van der Waals surface area contributed by atoms with Gasteiger partial charge >= 0.3 is 5.97 Å². The fourth-order valence-electron chi connectivity index (χ4n) is 2.43. The van der Waals surface area contributed by atoms with Crippen LogP contribution >= 0.6 is 0 Å². The highest BCUT2D eigenvalue weighted by Gasteiger charge is 2.41. The summed E-state index contributed by atoms with van der Waals surface area (Å²) in [5, 5.41) is 11.8. The van der Waals surface area contributed by atoms with Gasteiger partial charge in [-0.25, -0.2) is 17.5 Å². The monoisotopic (exact) mass is 380 g/mol. The fourth-order valence-corrected chi connectivity index (χ4v) is 3.23. The Balaban J connectivity index is 2.38. The van der Waals surface area contributed by atoms with Crippen LogP contribution < -0.4 is 5.32 Å². The molecule has 26 heavy (non-hydrogen) atoms. The summed E-state index contributed by atoms with van der Waals surface area (Å²) in [5.74, 6) is -2.34. The van der Waals surface area contributed by atoms with Gasteiger partial charge in [0, 0.05) is 14.1 Å². The molecule has 1 amide bonds. The summed E-state index contributed by atoms with van der Waals surface area (Å²) in [6, 6.07) is 10.6. The number of nitrogens with one attached hydrogen (secondary N) is 1. The Morgan fingerprint density at radius 1 is 1.15 bits per heavy atom. The normalized spacial score (nSPS) is 14.0. The van der Waals surface area contributed by atoms with E-state index in [-0.39, 0.29) is 12.2 Å². The Morgan fingerprint density at radius 2 is 1.77 bits per heavy atom. The Labute approximate surface area is 151 Å². The van der Waals surface area contributed by atoms with Gasteiger partial charge in [-0.2, -0.15) is 0 Å². The van der Waals surface area contributed by atoms with Crippen molar-refractivity contribution in [2.24, 2.45) is 0 Å². The van der Waals surface area contributed by atoms with E-state index in [2.05, 4.69) is 5.32 Å². The molecule has 0 fully saturated rings. The molecule has 2 N–H and O–H groups in total. The molecule has 140 valence electrons. The van der Waals surface area contributed by atoms with E-state index in [1.54, 1.807) is 37.3 Å². The number of carboxylic acid groups (broad SMARTS) is 1. The molecule has 1 aromatic carbocycles. The first-order chi connectivity index (χ1) is 12.1. The zero-order valence-electron chi connectivity index (χ0n) is 14.6. The highest BCUT2D eigenvalue weighted by atomic mass is 32.2. The van der Waals surface area contributed by atoms with E-state index < -0.39 is 32.5 Å². The van der Waals surface area contributed by atoms with Crippen molar-refractivity contribution >= 4 is 21.9 Å². The molecule has 2 aromatic rings. The summed E-state index contributed by atoms with van der Waals surface area (Å²) in [7, 11) is -1.17. The van der Waals surface area contributed by atoms with Crippen LogP contribution in [0, 0.1) is 0 Å². The van der Waals surface area contributed by atoms with E-state index in [1.165, 1.54) is 20.2 Å². The molecule has 0 aliphatic carbocycles. The molecule has 0 bridgehead atoms. The van der Waals surface area contributed by atoms with Crippen LogP contribution in [0.25, 0.3) is 0 Å². The number of benzene rings is 1. The van der Waals surface area contributed by atoms with Crippen LogP contribution in [0.2, 0.25) is 0 Å². The number of furan rings is 1. The van der Waals surface area contributed by atoms with Gasteiger partial charge in [-0.3, -0.25) is 4.79 Å². The molecule has 0 aliphatic heterocycles. The smallest absolute Gasteiger partial charge is 0.334 e. The molecule has 1 unspecified atom stereocenters. The van der Waals surface area contributed by atoms with Crippen LogP contribution in [-0.4, -0.2) is 43.8 Å². The average molecular weight is 380 g/mol. The SMILES string of the molecule is CCC(NC(=O)c1ccc(S(=O)(=O)N(C)C)o1)(C(=O)O)c1ccccc1. The Bertz CT molecular complexity index is 904. The van der Waals surface area contributed by atoms with E-state index in [1.807, 2.05) is 0 Å². The lowest BCUT2D eigenvalue weighted by Gasteiger charge is -2.29. The number of sulfonamides is 1. The molecule has 0 radical (unpaired) electrons. The van der Waals surface area contributed by atoms with E-state index in [0.717, 1.165) is 10.4 Å². The first kappa shape index (κ1) is 19.7. The van der Waals surface area contributed by atoms with E-state index >= 15 is 0 Å². The van der Waals surface area contributed by atoms with Gasteiger partial charge in [0.15, 0.2) is 11.3 Å². The topological polar surface area (TPSA) is 117 Å². The van der Waals surface area contributed by atoms with Crippen molar-refractivity contribution in [3.8, 4) is 0 Å². The maximum atomic E-state index is 12.5. The lowest BCUT2D eigenvalue weighted by Crippen LogP contribution is -2.51. The molecule has 2 rings (SSSR count). The van der Waals surface area contributed by atoms with Gasteiger partial charge in [0.05, 0.1) is 0 Å². The zero-order valence-corrected chi connectivity index (χ0v) is 15.4. The summed E-state index contributed by atoms with van der Waals surface area (Å²) in [4.78, 5) is 24.5. The largest absolute Gasteiger partial charge is 0.479 e. The maximum Gasteiger partial charge on any atom is 0.334 e. The van der Waals surface area contributed by atoms with Crippen LogP contribution in [0.3, 0.4) is 0 Å². The Kier molecular flexibility index (Phi) is 5.53. The van der Waals surface area contributed by atoms with E-state index in [0.29, 0.717) is 5.56 Å². The minimum Gasteiger partial charge on any atom is -0.479 e. The second kappa shape index (κ2) is 7.30. The third-order valence-corrected chi connectivity index (χ3v) is 5.72. The Morgan fingerprint density at radius 3 is 2.27 bits per heavy atom. The number of carbonyl (C=O) groups excluding carboxylic acids is 1. The van der Waals surface area contributed by atoms with Crippen LogP contribution in [0.15, 0.2) is 52.0 Å². The number of carboxylic acids is 1. The van der Waals surface area contributed by atoms with Gasteiger partial charge in [-0.1, -0.05) is 37.3 Å². The Hall–Kier alpha value is -2.65. The van der Waals surface area contributed by atoms with Crippen molar-refractivity contribution in [1.29, 1.82) is 0 Å². The van der Waals surface area contributed by atoms with Gasteiger partial charge in [0.1, 0.15) is 0 Å². The third kappa shape index (κ3) is 3.49. The summed E-state index contributed by atoms with van der Waals surface area (Å²) < 4.78 is 30.2. The van der Waals surface area contributed by atoms with Crippen molar-refractivity contribution in [2.75, 3.05) is 14.1 Å². The minimum atomic E-state index is -3.84. The predicted octanol–water partition coefficient (Wildman–Crippen LogP) is 1.65. The zero-order chi connectivity index (χ0) is 19.5. The number of amides is 1. The quantitative estimate of drug-likeness (QED) is 0.754. The summed E-state index contributed by atoms with van der Waals surface area (Å²) in [6.07, 6.45) is 0.0850. The maximum absolute atomic E-state index is 12.5. The molecular formula is C17H20N2O6S. The first-order valence-electron chi connectivity index (χ1n) is 7.79. The summed E-state index contributed by atoms with van der Waals surface area (Å²) in [5.41, 5.74) is -1.26. The highest BCUT2D eigenvalue weighted by Crippen LogP contribution is 2.27. The van der Waals surface area contributed by atoms with Crippen molar-refractivity contribution in [3.63, 3.8) is 0 Å². The molecule has 0 saturated carbocycles. The lowest BCUT2D eigenvalue weighted by molar-refractivity contribution is -0.145. The number of hydrogen-bond donors (Lipinski definition) is 2. The molecule has 0 spiro atoms. The van der Waals surface area contributed by atoms with E-state index in [9.17, 15) is 23.1 Å². The fraction of sp³-hybridized carbons (Fsp3) is 0.294. The molecule has 8 nitrogen and oxygen atoms in total. The number of nitrogens with zero attached hydrogens (tertiary/aromatic N) is 1. The van der Waals surface area contributed by atoms with Crippen molar-refractivity contribution < 1.29 is 27.5 Å².